The van der Waals surface area contributed by atoms with Crippen LogP contribution >= 0.6 is 0 Å². The number of anilines is 1. The third-order valence-corrected chi connectivity index (χ3v) is 5.90. The van der Waals surface area contributed by atoms with Crippen LogP contribution in [-0.4, -0.2) is 43.0 Å². The molecule has 1 saturated carbocycles. The Kier molecular flexibility index (Phi) is 7.63. The summed E-state index contributed by atoms with van der Waals surface area (Å²) in [6.45, 7) is 1.62. The molecule has 0 aromatic heterocycles. The minimum absolute atomic E-state index is 0.0382. The quantitative estimate of drug-likeness (QED) is 0.355. The third kappa shape index (κ3) is 5.82. The van der Waals surface area contributed by atoms with E-state index in [1.165, 1.54) is 12.1 Å². The zero-order valence-corrected chi connectivity index (χ0v) is 18.3. The molecule has 2 aromatic carbocycles. The number of nitro groups is 1. The molecule has 0 saturated heterocycles. The minimum Gasteiger partial charge on any atom is -0.494 e. The number of hydrogen-bond donors (Lipinski definition) is 1. The molecule has 3 rings (SSSR count). The van der Waals surface area contributed by atoms with Crippen molar-refractivity contribution in [1.82, 2.24) is 4.90 Å². The van der Waals surface area contributed by atoms with Gasteiger partial charge in [0.2, 0.25) is 5.91 Å². The van der Waals surface area contributed by atoms with Crippen molar-refractivity contribution < 1.29 is 14.5 Å². The number of amides is 1. The summed E-state index contributed by atoms with van der Waals surface area (Å²) < 4.78 is 5.76. The maximum Gasteiger partial charge on any atom is 0.269 e. The van der Waals surface area contributed by atoms with Crippen LogP contribution in [0.25, 0.3) is 0 Å². The van der Waals surface area contributed by atoms with Crippen molar-refractivity contribution in [2.45, 2.75) is 43.9 Å². The summed E-state index contributed by atoms with van der Waals surface area (Å²) >= 11 is 0. The number of non-ortho nitro benzene ring substituents is 1. The highest BCUT2D eigenvalue weighted by Gasteiger charge is 2.41. The first-order chi connectivity index (χ1) is 14.9. The molecule has 0 spiro atoms. The van der Waals surface area contributed by atoms with Crippen LogP contribution in [0.5, 0.6) is 5.75 Å². The Morgan fingerprint density at radius 3 is 2.29 bits per heavy atom. The van der Waals surface area contributed by atoms with Crippen LogP contribution in [0.3, 0.4) is 0 Å². The molecular weight excluding hydrogens is 394 g/mol. The van der Waals surface area contributed by atoms with Crippen LogP contribution in [-0.2, 0) is 10.2 Å². The molecule has 166 valence electrons. The van der Waals surface area contributed by atoms with Gasteiger partial charge in [-0.1, -0.05) is 31.4 Å². The fourth-order valence-electron chi connectivity index (χ4n) is 4.16. The first kappa shape index (κ1) is 22.7. The number of hydrogen-bond acceptors (Lipinski definition) is 5. The molecule has 31 heavy (non-hydrogen) atoms. The van der Waals surface area contributed by atoms with Gasteiger partial charge in [0, 0.05) is 24.4 Å². The molecule has 0 bridgehead atoms. The van der Waals surface area contributed by atoms with Gasteiger partial charge in [0.15, 0.2) is 0 Å². The first-order valence-electron chi connectivity index (χ1n) is 10.8. The van der Waals surface area contributed by atoms with Gasteiger partial charge in [-0.05, 0) is 63.2 Å². The molecule has 0 atom stereocenters. The van der Waals surface area contributed by atoms with E-state index in [-0.39, 0.29) is 11.6 Å². The normalized spacial score (nSPS) is 15.5. The number of carbonyl (C=O) groups is 1. The summed E-state index contributed by atoms with van der Waals surface area (Å²) in [4.78, 5) is 26.1. The molecule has 0 heterocycles. The molecule has 1 fully saturated rings. The van der Waals surface area contributed by atoms with E-state index in [2.05, 4.69) is 10.2 Å². The zero-order valence-electron chi connectivity index (χ0n) is 18.3. The smallest absolute Gasteiger partial charge is 0.269 e. The molecule has 7 nitrogen and oxygen atoms in total. The first-order valence-corrected chi connectivity index (χ1v) is 10.8. The van der Waals surface area contributed by atoms with Gasteiger partial charge in [0.05, 0.1) is 16.9 Å². The number of nitrogens with zero attached hydrogens (tertiary/aromatic N) is 2. The van der Waals surface area contributed by atoms with Crippen LogP contribution in [0.15, 0.2) is 48.5 Å². The molecule has 0 radical (unpaired) electrons. The van der Waals surface area contributed by atoms with Crippen LogP contribution in [0.2, 0.25) is 0 Å². The van der Waals surface area contributed by atoms with E-state index in [1.54, 1.807) is 12.1 Å². The van der Waals surface area contributed by atoms with E-state index in [1.807, 2.05) is 38.4 Å². The van der Waals surface area contributed by atoms with E-state index >= 15 is 0 Å². The Morgan fingerprint density at radius 1 is 1.06 bits per heavy atom. The van der Waals surface area contributed by atoms with Gasteiger partial charge < -0.3 is 15.0 Å². The van der Waals surface area contributed by atoms with Crippen molar-refractivity contribution in [2.75, 3.05) is 32.6 Å². The van der Waals surface area contributed by atoms with Crippen molar-refractivity contribution in [3.63, 3.8) is 0 Å². The summed E-state index contributed by atoms with van der Waals surface area (Å²) in [6.07, 6.45) is 5.45. The van der Waals surface area contributed by atoms with E-state index in [0.717, 1.165) is 62.1 Å². The van der Waals surface area contributed by atoms with Crippen molar-refractivity contribution in [3.8, 4) is 5.75 Å². The Morgan fingerprint density at radius 2 is 1.71 bits per heavy atom. The lowest BCUT2D eigenvalue weighted by Crippen LogP contribution is -2.42. The monoisotopic (exact) mass is 425 g/mol. The van der Waals surface area contributed by atoms with Gasteiger partial charge in [-0.2, -0.15) is 0 Å². The van der Waals surface area contributed by atoms with Crippen LogP contribution in [0.4, 0.5) is 11.4 Å². The molecule has 2 aromatic rings. The summed E-state index contributed by atoms with van der Waals surface area (Å²) in [5.74, 6) is 0.722. The molecule has 7 heteroatoms. The second kappa shape index (κ2) is 10.4. The predicted octanol–water partition coefficient (Wildman–Crippen LogP) is 4.77. The van der Waals surface area contributed by atoms with Gasteiger partial charge in [-0.15, -0.1) is 0 Å². The van der Waals surface area contributed by atoms with Gasteiger partial charge in [-0.3, -0.25) is 14.9 Å². The summed E-state index contributed by atoms with van der Waals surface area (Å²) in [7, 11) is 4.07. The highest BCUT2D eigenvalue weighted by molar-refractivity contribution is 5.99. The summed E-state index contributed by atoms with van der Waals surface area (Å²) in [5.41, 5.74) is 0.944. The standard InChI is InChI=1S/C24H31N3O4/c1-26(2)17-6-18-31-22-13-9-20(10-14-22)25-23(28)24(15-4-3-5-16-24)19-7-11-21(12-8-19)27(29)30/h7-14H,3-6,15-18H2,1-2H3,(H,25,28). The lowest BCUT2D eigenvalue weighted by Gasteiger charge is -2.36. The van der Waals surface area contributed by atoms with Crippen molar-refractivity contribution >= 4 is 17.3 Å². The number of ether oxygens (including phenoxy) is 1. The molecule has 0 unspecified atom stereocenters. The minimum atomic E-state index is -0.658. The highest BCUT2D eigenvalue weighted by atomic mass is 16.6. The highest BCUT2D eigenvalue weighted by Crippen LogP contribution is 2.41. The van der Waals surface area contributed by atoms with E-state index in [0.29, 0.717) is 6.61 Å². The molecule has 1 amide bonds. The Balaban J connectivity index is 1.69. The maximum atomic E-state index is 13.4. The van der Waals surface area contributed by atoms with Crippen LogP contribution in [0.1, 0.15) is 44.1 Å². The molecular formula is C24H31N3O4. The van der Waals surface area contributed by atoms with E-state index in [9.17, 15) is 14.9 Å². The molecule has 0 aliphatic heterocycles. The lowest BCUT2D eigenvalue weighted by atomic mass is 9.68. The summed E-state index contributed by atoms with van der Waals surface area (Å²) in [6, 6.07) is 13.9. The average Bonchev–Trinajstić information content (AvgIpc) is 2.78. The van der Waals surface area contributed by atoms with Gasteiger partial charge >= 0.3 is 0 Å². The van der Waals surface area contributed by atoms with Crippen molar-refractivity contribution in [1.29, 1.82) is 0 Å². The largest absolute Gasteiger partial charge is 0.494 e. The zero-order chi connectivity index (χ0) is 22.3. The van der Waals surface area contributed by atoms with Gasteiger partial charge in [0.1, 0.15) is 5.75 Å². The molecule has 1 aliphatic carbocycles. The fraction of sp³-hybridized carbons (Fsp3) is 0.458. The average molecular weight is 426 g/mol. The van der Waals surface area contributed by atoms with E-state index in [4.69, 9.17) is 4.74 Å². The maximum absolute atomic E-state index is 13.4. The summed E-state index contributed by atoms with van der Waals surface area (Å²) in [5, 5.41) is 14.1. The van der Waals surface area contributed by atoms with Gasteiger partial charge in [0.25, 0.3) is 5.69 Å². The lowest BCUT2D eigenvalue weighted by molar-refractivity contribution is -0.384. The Bertz CT molecular complexity index is 873. The Hall–Kier alpha value is -2.93. The number of nitro benzene ring substituents is 1. The predicted molar refractivity (Wildman–Crippen MR) is 122 cm³/mol. The molecule has 1 aliphatic rings. The SMILES string of the molecule is CN(C)CCCOc1ccc(NC(=O)C2(c3ccc([N+](=O)[O-])cc3)CCCCC2)cc1. The number of benzene rings is 2. The second-order valence-corrected chi connectivity index (χ2v) is 8.43. The van der Waals surface area contributed by atoms with Gasteiger partial charge in [-0.25, -0.2) is 0 Å². The van der Waals surface area contributed by atoms with Crippen LogP contribution < -0.4 is 10.1 Å². The number of carbonyl (C=O) groups excluding carboxylic acids is 1. The topological polar surface area (TPSA) is 84.7 Å². The van der Waals surface area contributed by atoms with E-state index < -0.39 is 10.3 Å². The van der Waals surface area contributed by atoms with Crippen LogP contribution in [0, 0.1) is 10.1 Å². The van der Waals surface area contributed by atoms with Crippen molar-refractivity contribution in [3.05, 3.63) is 64.2 Å². The Labute approximate surface area is 183 Å². The number of rotatable bonds is 9. The third-order valence-electron chi connectivity index (χ3n) is 5.90. The number of nitrogens with one attached hydrogen (secondary N) is 1. The fourth-order valence-corrected chi connectivity index (χ4v) is 4.16. The molecule has 1 N–H and O–H groups in total. The second-order valence-electron chi connectivity index (χ2n) is 8.43. The van der Waals surface area contributed by atoms with Crippen molar-refractivity contribution in [2.24, 2.45) is 0 Å².